The lowest BCUT2D eigenvalue weighted by atomic mass is 9.89. The molecule has 2 fully saturated rings. The lowest BCUT2D eigenvalue weighted by Gasteiger charge is -2.36. The number of aryl methyl sites for hydroxylation is 1. The van der Waals surface area contributed by atoms with Gasteiger partial charge in [-0.25, -0.2) is 14.3 Å². The lowest BCUT2D eigenvalue weighted by Crippen LogP contribution is -2.42. The highest BCUT2D eigenvalue weighted by atomic mass is 16.5. The number of hydrogen-bond donors (Lipinski definition) is 1. The van der Waals surface area contributed by atoms with Crippen LogP contribution in [0.1, 0.15) is 68.2 Å². The van der Waals surface area contributed by atoms with E-state index in [0.29, 0.717) is 11.8 Å². The van der Waals surface area contributed by atoms with E-state index in [1.54, 1.807) is 6.33 Å². The van der Waals surface area contributed by atoms with E-state index in [1.807, 2.05) is 9.08 Å². The summed E-state index contributed by atoms with van der Waals surface area (Å²) in [5, 5.41) is 4.40. The Kier molecular flexibility index (Phi) is 6.41. The van der Waals surface area contributed by atoms with Gasteiger partial charge in [0.1, 0.15) is 6.33 Å². The minimum Gasteiger partial charge on any atom is -0.381 e. The molecule has 37 heavy (non-hydrogen) atoms. The Morgan fingerprint density at radius 3 is 2.70 bits per heavy atom. The smallest absolute Gasteiger partial charge is 0.326 e. The summed E-state index contributed by atoms with van der Waals surface area (Å²) < 4.78 is 9.46. The number of imidazole rings is 1. The van der Waals surface area contributed by atoms with Crippen LogP contribution in [0, 0.1) is 19.8 Å². The van der Waals surface area contributed by atoms with Crippen LogP contribution in [0.25, 0.3) is 27.8 Å². The SMILES string of the molecule is Cc1c(-c2cc3[nH]c(=O)n([C@@H]4CCCN(CC5CCOCC5)C4)c3cc2C(C)C)cn2ncnc2c1C. The first kappa shape index (κ1) is 24.4. The lowest BCUT2D eigenvalue weighted by molar-refractivity contribution is 0.0459. The van der Waals surface area contributed by atoms with Crippen molar-refractivity contribution >= 4 is 16.7 Å². The zero-order chi connectivity index (χ0) is 25.7. The fraction of sp³-hybridized carbons (Fsp3) is 0.552. The molecule has 2 saturated heterocycles. The molecule has 0 radical (unpaired) electrons. The molecule has 0 spiro atoms. The number of rotatable bonds is 5. The van der Waals surface area contributed by atoms with Crippen LogP contribution in [0.5, 0.6) is 0 Å². The Balaban J connectivity index is 1.40. The molecule has 0 aliphatic carbocycles. The molecule has 8 nitrogen and oxygen atoms in total. The fourth-order valence-corrected chi connectivity index (χ4v) is 6.44. The third-order valence-electron chi connectivity index (χ3n) is 8.63. The van der Waals surface area contributed by atoms with Crippen molar-refractivity contribution in [1.82, 2.24) is 29.0 Å². The highest BCUT2D eigenvalue weighted by molar-refractivity contribution is 5.86. The van der Waals surface area contributed by atoms with Crippen molar-refractivity contribution in [2.45, 2.75) is 65.3 Å². The Hall–Kier alpha value is -2.97. The number of aromatic amines is 1. The minimum absolute atomic E-state index is 0.000552. The van der Waals surface area contributed by atoms with Crippen LogP contribution in [-0.4, -0.2) is 61.9 Å². The minimum atomic E-state index is -0.000552. The number of aromatic nitrogens is 5. The second-order valence-electron chi connectivity index (χ2n) is 11.3. The molecule has 0 amide bonds. The topological polar surface area (TPSA) is 80.5 Å². The molecule has 6 rings (SSSR count). The quantitative estimate of drug-likeness (QED) is 0.422. The molecule has 1 N–H and O–H groups in total. The monoisotopic (exact) mass is 502 g/mol. The summed E-state index contributed by atoms with van der Waals surface area (Å²) in [6.07, 6.45) is 8.13. The summed E-state index contributed by atoms with van der Waals surface area (Å²) in [6.45, 7) is 13.6. The van der Waals surface area contributed by atoms with E-state index in [-0.39, 0.29) is 11.7 Å². The maximum atomic E-state index is 13.4. The van der Waals surface area contributed by atoms with Crippen LogP contribution >= 0.6 is 0 Å². The van der Waals surface area contributed by atoms with Gasteiger partial charge in [-0.3, -0.25) is 4.57 Å². The first-order valence-electron chi connectivity index (χ1n) is 13.8. The van der Waals surface area contributed by atoms with Crippen molar-refractivity contribution in [2.24, 2.45) is 5.92 Å². The molecule has 3 aromatic heterocycles. The summed E-state index contributed by atoms with van der Waals surface area (Å²) in [6, 6.07) is 4.62. The third kappa shape index (κ3) is 4.40. The molecule has 196 valence electrons. The molecule has 1 aromatic carbocycles. The van der Waals surface area contributed by atoms with Gasteiger partial charge < -0.3 is 14.6 Å². The van der Waals surface area contributed by atoms with Gasteiger partial charge in [0.05, 0.1) is 17.1 Å². The van der Waals surface area contributed by atoms with Gasteiger partial charge in [-0.2, -0.15) is 5.10 Å². The van der Waals surface area contributed by atoms with E-state index in [4.69, 9.17) is 4.74 Å². The molecule has 0 saturated carbocycles. The van der Waals surface area contributed by atoms with Crippen LogP contribution in [0.2, 0.25) is 0 Å². The van der Waals surface area contributed by atoms with Crippen LogP contribution in [0.15, 0.2) is 29.5 Å². The molecule has 8 heteroatoms. The standard InChI is InChI=1S/C29H38N6O2/c1-18(2)23-13-27-26(12-24(23)25-16-34-28(30-17-31-34)20(4)19(25)3)32-29(36)35(27)22-6-5-9-33(15-22)14-21-7-10-37-11-8-21/h12-13,16-18,21-22H,5-11,14-15H2,1-4H3,(H,32,36)/t22-/m1/s1. The molecule has 4 aromatic rings. The number of hydrogen-bond acceptors (Lipinski definition) is 5. The van der Waals surface area contributed by atoms with Crippen LogP contribution in [-0.2, 0) is 4.74 Å². The number of pyridine rings is 1. The van der Waals surface area contributed by atoms with Crippen LogP contribution in [0.3, 0.4) is 0 Å². The predicted octanol–water partition coefficient (Wildman–Crippen LogP) is 4.84. The number of nitrogens with one attached hydrogen (secondary N) is 1. The van der Waals surface area contributed by atoms with Crippen LogP contribution < -0.4 is 5.69 Å². The van der Waals surface area contributed by atoms with E-state index >= 15 is 0 Å². The molecule has 5 heterocycles. The molecule has 0 unspecified atom stereocenters. The van der Waals surface area contributed by atoms with Gasteiger partial charge in [0.25, 0.3) is 0 Å². The number of nitrogens with zero attached hydrogens (tertiary/aromatic N) is 5. The maximum Gasteiger partial charge on any atom is 0.326 e. The van der Waals surface area contributed by atoms with E-state index < -0.39 is 0 Å². The second-order valence-corrected chi connectivity index (χ2v) is 11.3. The summed E-state index contributed by atoms with van der Waals surface area (Å²) in [7, 11) is 0. The van der Waals surface area contributed by atoms with Crippen molar-refractivity contribution in [3.8, 4) is 11.1 Å². The molecule has 1 atom stereocenters. The molecular weight excluding hydrogens is 464 g/mol. The third-order valence-corrected chi connectivity index (χ3v) is 8.63. The largest absolute Gasteiger partial charge is 0.381 e. The van der Waals surface area contributed by atoms with Gasteiger partial charge in [0.2, 0.25) is 0 Å². The average molecular weight is 503 g/mol. The average Bonchev–Trinajstić information content (AvgIpc) is 3.49. The van der Waals surface area contributed by atoms with Gasteiger partial charge in [0.15, 0.2) is 5.65 Å². The Morgan fingerprint density at radius 2 is 1.92 bits per heavy atom. The van der Waals surface area contributed by atoms with E-state index in [9.17, 15) is 4.79 Å². The van der Waals surface area contributed by atoms with E-state index in [1.165, 1.54) is 11.1 Å². The Labute approximate surface area is 217 Å². The summed E-state index contributed by atoms with van der Waals surface area (Å²) in [5.41, 5.74) is 8.66. The van der Waals surface area contributed by atoms with Gasteiger partial charge in [-0.05, 0) is 92.3 Å². The maximum absolute atomic E-state index is 13.4. The molecule has 0 bridgehead atoms. The van der Waals surface area contributed by atoms with E-state index in [2.05, 4.69) is 66.0 Å². The zero-order valence-electron chi connectivity index (χ0n) is 22.5. The van der Waals surface area contributed by atoms with Crippen molar-refractivity contribution < 1.29 is 4.74 Å². The highest BCUT2D eigenvalue weighted by Gasteiger charge is 2.27. The van der Waals surface area contributed by atoms with Gasteiger partial charge >= 0.3 is 5.69 Å². The highest BCUT2D eigenvalue weighted by Crippen LogP contribution is 2.37. The summed E-state index contributed by atoms with van der Waals surface area (Å²) >= 11 is 0. The number of piperidine rings is 1. The normalized spacial score (nSPS) is 20.0. The molecule has 2 aliphatic rings. The Morgan fingerprint density at radius 1 is 1.11 bits per heavy atom. The first-order valence-corrected chi connectivity index (χ1v) is 13.8. The van der Waals surface area contributed by atoms with Crippen molar-refractivity contribution in [3.05, 3.63) is 51.8 Å². The molecule has 2 aliphatic heterocycles. The Bertz CT molecular complexity index is 1490. The van der Waals surface area contributed by atoms with E-state index in [0.717, 1.165) is 91.9 Å². The van der Waals surface area contributed by atoms with Gasteiger partial charge in [0, 0.05) is 38.1 Å². The van der Waals surface area contributed by atoms with Gasteiger partial charge in [-0.15, -0.1) is 0 Å². The van der Waals surface area contributed by atoms with Gasteiger partial charge in [-0.1, -0.05) is 13.8 Å². The summed E-state index contributed by atoms with van der Waals surface area (Å²) in [4.78, 5) is 23.6. The first-order chi connectivity index (χ1) is 17.9. The predicted molar refractivity (Wildman–Crippen MR) is 146 cm³/mol. The number of ether oxygens (including phenoxy) is 1. The summed E-state index contributed by atoms with van der Waals surface area (Å²) in [5.74, 6) is 1.01. The number of likely N-dealkylation sites (tertiary alicyclic amines) is 1. The number of H-pyrrole nitrogens is 1. The number of fused-ring (bicyclic) bond motifs is 2. The fourth-order valence-electron chi connectivity index (χ4n) is 6.44. The number of benzene rings is 1. The van der Waals surface area contributed by atoms with Crippen LogP contribution in [0.4, 0.5) is 0 Å². The van der Waals surface area contributed by atoms with Crippen molar-refractivity contribution in [1.29, 1.82) is 0 Å². The zero-order valence-corrected chi connectivity index (χ0v) is 22.5. The second kappa shape index (κ2) is 9.72. The van der Waals surface area contributed by atoms with Crippen molar-refractivity contribution in [3.63, 3.8) is 0 Å². The van der Waals surface area contributed by atoms with Crippen molar-refractivity contribution in [2.75, 3.05) is 32.8 Å². The molecular formula is C29H38N6O2.